The molecular formula is C11H12Cl2N2O. The molecule has 1 aromatic carbocycles. The highest BCUT2D eigenvalue weighted by Crippen LogP contribution is 2.22. The predicted molar refractivity (Wildman–Crippen MR) is 68.3 cm³/mol. The first kappa shape index (κ1) is 12.9. The summed E-state index contributed by atoms with van der Waals surface area (Å²) in [5.41, 5.74) is 1.43. The standard InChI is InChI=1S/C11H12Cl2N2O/c1-7(2)6-14-11(16)15-10-4-8(12)3-9(13)5-10/h3-5H,1,6H2,2H3,(H2,14,15,16). The summed E-state index contributed by atoms with van der Waals surface area (Å²) in [7, 11) is 0. The number of carbonyl (C=O) groups is 1. The number of hydrogen-bond acceptors (Lipinski definition) is 1. The molecule has 0 spiro atoms. The zero-order valence-electron chi connectivity index (χ0n) is 8.81. The van der Waals surface area contributed by atoms with E-state index in [1.165, 1.54) is 0 Å². The summed E-state index contributed by atoms with van der Waals surface area (Å²) in [5, 5.41) is 6.20. The van der Waals surface area contributed by atoms with E-state index in [4.69, 9.17) is 23.2 Å². The molecule has 0 bridgehead atoms. The van der Waals surface area contributed by atoms with Gasteiger partial charge in [0.15, 0.2) is 0 Å². The molecule has 0 saturated carbocycles. The van der Waals surface area contributed by atoms with Crippen molar-refractivity contribution in [2.75, 3.05) is 11.9 Å². The first-order valence-electron chi connectivity index (χ1n) is 4.62. The summed E-state index contributed by atoms with van der Waals surface area (Å²) in [6.07, 6.45) is 0. The molecule has 0 aliphatic carbocycles. The molecular weight excluding hydrogens is 247 g/mol. The third kappa shape index (κ3) is 4.55. The highest BCUT2D eigenvalue weighted by molar-refractivity contribution is 6.35. The quantitative estimate of drug-likeness (QED) is 0.798. The number of carbonyl (C=O) groups excluding carboxylic acids is 1. The van der Waals surface area contributed by atoms with Gasteiger partial charge in [0.25, 0.3) is 0 Å². The van der Waals surface area contributed by atoms with Crippen molar-refractivity contribution in [2.24, 2.45) is 0 Å². The van der Waals surface area contributed by atoms with E-state index in [2.05, 4.69) is 17.2 Å². The van der Waals surface area contributed by atoms with Crippen LogP contribution < -0.4 is 10.6 Å². The third-order valence-electron chi connectivity index (χ3n) is 1.67. The van der Waals surface area contributed by atoms with Crippen molar-refractivity contribution in [3.8, 4) is 0 Å². The molecule has 1 rings (SSSR count). The maximum atomic E-state index is 11.4. The third-order valence-corrected chi connectivity index (χ3v) is 2.11. The van der Waals surface area contributed by atoms with Gasteiger partial charge in [-0.2, -0.15) is 0 Å². The molecule has 0 unspecified atom stereocenters. The molecule has 5 heteroatoms. The van der Waals surface area contributed by atoms with Crippen LogP contribution in [0.4, 0.5) is 10.5 Å². The van der Waals surface area contributed by atoms with Gasteiger partial charge in [0.1, 0.15) is 0 Å². The van der Waals surface area contributed by atoms with E-state index in [1.807, 2.05) is 6.92 Å². The SMILES string of the molecule is C=C(C)CNC(=O)Nc1cc(Cl)cc(Cl)c1. The van der Waals surface area contributed by atoms with Crippen molar-refractivity contribution in [2.45, 2.75) is 6.92 Å². The molecule has 0 atom stereocenters. The number of urea groups is 1. The van der Waals surface area contributed by atoms with Gasteiger partial charge in [-0.1, -0.05) is 35.4 Å². The minimum atomic E-state index is -0.318. The van der Waals surface area contributed by atoms with E-state index in [0.29, 0.717) is 22.3 Å². The van der Waals surface area contributed by atoms with Gasteiger partial charge in [0.2, 0.25) is 0 Å². The van der Waals surface area contributed by atoms with Crippen LogP contribution in [-0.4, -0.2) is 12.6 Å². The summed E-state index contributed by atoms with van der Waals surface area (Å²) in [6.45, 7) is 5.94. The molecule has 16 heavy (non-hydrogen) atoms. The summed E-state index contributed by atoms with van der Waals surface area (Å²) in [6, 6.07) is 4.52. The molecule has 0 aromatic heterocycles. The molecule has 0 radical (unpaired) electrons. The Morgan fingerprint density at radius 1 is 1.31 bits per heavy atom. The maximum Gasteiger partial charge on any atom is 0.319 e. The Morgan fingerprint density at radius 2 is 1.88 bits per heavy atom. The second-order valence-electron chi connectivity index (χ2n) is 3.42. The van der Waals surface area contributed by atoms with Crippen molar-refractivity contribution in [1.29, 1.82) is 0 Å². The van der Waals surface area contributed by atoms with Gasteiger partial charge in [-0.05, 0) is 25.1 Å². The maximum absolute atomic E-state index is 11.4. The minimum Gasteiger partial charge on any atom is -0.334 e. The zero-order chi connectivity index (χ0) is 12.1. The second-order valence-corrected chi connectivity index (χ2v) is 4.30. The number of nitrogens with one attached hydrogen (secondary N) is 2. The van der Waals surface area contributed by atoms with E-state index in [0.717, 1.165) is 5.57 Å². The van der Waals surface area contributed by atoms with E-state index < -0.39 is 0 Å². The van der Waals surface area contributed by atoms with Crippen molar-refractivity contribution in [3.63, 3.8) is 0 Å². The molecule has 86 valence electrons. The Hall–Kier alpha value is -1.19. The number of benzene rings is 1. The number of rotatable bonds is 3. The average Bonchev–Trinajstić information content (AvgIpc) is 2.12. The highest BCUT2D eigenvalue weighted by Gasteiger charge is 2.03. The van der Waals surface area contributed by atoms with Crippen molar-refractivity contribution >= 4 is 34.9 Å². The van der Waals surface area contributed by atoms with Gasteiger partial charge in [-0.15, -0.1) is 0 Å². The number of amides is 2. The summed E-state index contributed by atoms with van der Waals surface area (Å²) in [4.78, 5) is 11.4. The van der Waals surface area contributed by atoms with Crippen molar-refractivity contribution in [1.82, 2.24) is 5.32 Å². The monoisotopic (exact) mass is 258 g/mol. The van der Waals surface area contributed by atoms with Gasteiger partial charge in [0.05, 0.1) is 0 Å². The van der Waals surface area contributed by atoms with Crippen molar-refractivity contribution in [3.05, 3.63) is 40.4 Å². The second kappa shape index (κ2) is 5.77. The average molecular weight is 259 g/mol. The van der Waals surface area contributed by atoms with Crippen LogP contribution in [0, 0.1) is 0 Å². The van der Waals surface area contributed by atoms with Gasteiger partial charge in [-0.25, -0.2) is 4.79 Å². The lowest BCUT2D eigenvalue weighted by molar-refractivity contribution is 0.253. The Kier molecular flexibility index (Phi) is 4.65. The van der Waals surface area contributed by atoms with Crippen LogP contribution in [0.15, 0.2) is 30.4 Å². The Labute approximate surface area is 104 Å². The molecule has 2 N–H and O–H groups in total. The number of halogens is 2. The Balaban J connectivity index is 2.59. The molecule has 0 heterocycles. The first-order chi connectivity index (χ1) is 7.47. The van der Waals surface area contributed by atoms with Crippen LogP contribution in [-0.2, 0) is 0 Å². The highest BCUT2D eigenvalue weighted by atomic mass is 35.5. The molecule has 0 aliphatic heterocycles. The first-order valence-corrected chi connectivity index (χ1v) is 5.38. The van der Waals surface area contributed by atoms with Gasteiger partial charge in [-0.3, -0.25) is 0 Å². The summed E-state index contributed by atoms with van der Waals surface area (Å²) in [5.74, 6) is 0. The van der Waals surface area contributed by atoms with Crippen LogP contribution >= 0.6 is 23.2 Å². The Morgan fingerprint density at radius 3 is 2.38 bits per heavy atom. The van der Waals surface area contributed by atoms with Gasteiger partial charge >= 0.3 is 6.03 Å². The fraction of sp³-hybridized carbons (Fsp3) is 0.182. The molecule has 0 fully saturated rings. The molecule has 1 aromatic rings. The zero-order valence-corrected chi connectivity index (χ0v) is 10.3. The van der Waals surface area contributed by atoms with Crippen LogP contribution in [0.5, 0.6) is 0 Å². The lowest BCUT2D eigenvalue weighted by Crippen LogP contribution is -2.29. The smallest absolute Gasteiger partial charge is 0.319 e. The summed E-state index contributed by atoms with van der Waals surface area (Å²) < 4.78 is 0. The van der Waals surface area contributed by atoms with E-state index in [9.17, 15) is 4.79 Å². The lowest BCUT2D eigenvalue weighted by Gasteiger charge is -2.08. The molecule has 2 amide bonds. The molecule has 3 nitrogen and oxygen atoms in total. The Bertz CT molecular complexity index is 398. The summed E-state index contributed by atoms with van der Waals surface area (Å²) >= 11 is 11.6. The lowest BCUT2D eigenvalue weighted by atomic mass is 10.3. The fourth-order valence-corrected chi connectivity index (χ4v) is 1.56. The number of anilines is 1. The van der Waals surface area contributed by atoms with Crippen LogP contribution in [0.3, 0.4) is 0 Å². The molecule has 0 saturated heterocycles. The topological polar surface area (TPSA) is 41.1 Å². The minimum absolute atomic E-state index is 0.318. The predicted octanol–water partition coefficient (Wildman–Crippen LogP) is 3.69. The van der Waals surface area contributed by atoms with Gasteiger partial charge < -0.3 is 10.6 Å². The largest absolute Gasteiger partial charge is 0.334 e. The fourth-order valence-electron chi connectivity index (χ4n) is 1.03. The normalized spacial score (nSPS) is 9.69. The van der Waals surface area contributed by atoms with E-state index in [-0.39, 0.29) is 6.03 Å². The van der Waals surface area contributed by atoms with Crippen molar-refractivity contribution < 1.29 is 4.79 Å². The van der Waals surface area contributed by atoms with Crippen LogP contribution in [0.25, 0.3) is 0 Å². The van der Waals surface area contributed by atoms with Crippen LogP contribution in [0.2, 0.25) is 10.0 Å². The number of hydrogen-bond donors (Lipinski definition) is 2. The molecule has 0 aliphatic rings. The van der Waals surface area contributed by atoms with E-state index >= 15 is 0 Å². The van der Waals surface area contributed by atoms with Gasteiger partial charge in [0, 0.05) is 22.3 Å². The van der Waals surface area contributed by atoms with Crippen LogP contribution in [0.1, 0.15) is 6.92 Å². The van der Waals surface area contributed by atoms with E-state index in [1.54, 1.807) is 18.2 Å².